The Kier molecular flexibility index (Phi) is 10.4. The summed E-state index contributed by atoms with van der Waals surface area (Å²) in [6, 6.07) is 0. The van der Waals surface area contributed by atoms with Gasteiger partial charge in [0, 0.05) is 46.5 Å². The van der Waals surface area contributed by atoms with Gasteiger partial charge in [-0.05, 0) is 6.42 Å². The van der Waals surface area contributed by atoms with Gasteiger partial charge >= 0.3 is 5.97 Å². The van der Waals surface area contributed by atoms with Gasteiger partial charge in [-0.15, -0.1) is 0 Å². The minimum Gasteiger partial charge on any atom is -0.478 e. The van der Waals surface area contributed by atoms with Crippen molar-refractivity contribution < 1.29 is 28.8 Å². The van der Waals surface area contributed by atoms with E-state index in [1.165, 1.54) is 14.2 Å². The minimum absolute atomic E-state index is 0.149. The standard InChI is InChI=1S/C13H24O6/c1-10(6-7-11(14)15)12(13(17-3)18-4)19-9-5-8-16-2/h6-7,10,12-13H,5,8-9H2,1-4H3,(H,14,15)/b7-6+. The van der Waals surface area contributed by atoms with Crippen molar-refractivity contribution in [1.82, 2.24) is 0 Å². The summed E-state index contributed by atoms with van der Waals surface area (Å²) in [4.78, 5) is 10.5. The Labute approximate surface area is 114 Å². The van der Waals surface area contributed by atoms with Crippen LogP contribution in [-0.2, 0) is 23.7 Å². The van der Waals surface area contributed by atoms with Crippen LogP contribution >= 0.6 is 0 Å². The predicted octanol–water partition coefficient (Wildman–Crippen LogP) is 1.30. The molecule has 2 unspecified atom stereocenters. The Morgan fingerprint density at radius 2 is 1.84 bits per heavy atom. The molecule has 19 heavy (non-hydrogen) atoms. The van der Waals surface area contributed by atoms with E-state index in [4.69, 9.17) is 24.1 Å². The Bertz CT molecular complexity index is 262. The van der Waals surface area contributed by atoms with Gasteiger partial charge in [0.15, 0.2) is 6.29 Å². The molecule has 0 rings (SSSR count). The second-order valence-corrected chi connectivity index (χ2v) is 4.08. The fourth-order valence-electron chi connectivity index (χ4n) is 1.61. The third kappa shape index (κ3) is 7.94. The van der Waals surface area contributed by atoms with Crippen molar-refractivity contribution in [2.45, 2.75) is 25.7 Å². The molecule has 6 heteroatoms. The fraction of sp³-hybridized carbons (Fsp3) is 0.769. The van der Waals surface area contributed by atoms with Gasteiger partial charge < -0.3 is 24.1 Å². The highest BCUT2D eigenvalue weighted by atomic mass is 16.7. The molecule has 0 radical (unpaired) electrons. The van der Waals surface area contributed by atoms with Crippen LogP contribution in [0.5, 0.6) is 0 Å². The number of rotatable bonds is 11. The Morgan fingerprint density at radius 3 is 2.32 bits per heavy atom. The molecule has 0 spiro atoms. The molecule has 0 aliphatic rings. The number of hydrogen-bond acceptors (Lipinski definition) is 5. The van der Waals surface area contributed by atoms with Crippen LogP contribution in [0.15, 0.2) is 12.2 Å². The van der Waals surface area contributed by atoms with Gasteiger partial charge in [-0.1, -0.05) is 13.0 Å². The zero-order chi connectivity index (χ0) is 14.7. The Hall–Kier alpha value is -0.950. The maximum Gasteiger partial charge on any atom is 0.327 e. The first-order valence-corrected chi connectivity index (χ1v) is 6.14. The van der Waals surface area contributed by atoms with Crippen molar-refractivity contribution in [1.29, 1.82) is 0 Å². The first-order chi connectivity index (χ1) is 9.06. The van der Waals surface area contributed by atoms with Gasteiger partial charge in [-0.25, -0.2) is 4.79 Å². The smallest absolute Gasteiger partial charge is 0.327 e. The second-order valence-electron chi connectivity index (χ2n) is 4.08. The van der Waals surface area contributed by atoms with Gasteiger partial charge in [0.05, 0.1) is 0 Å². The molecule has 6 nitrogen and oxygen atoms in total. The molecule has 0 bridgehead atoms. The minimum atomic E-state index is -0.989. The van der Waals surface area contributed by atoms with Crippen molar-refractivity contribution in [2.75, 3.05) is 34.5 Å². The van der Waals surface area contributed by atoms with Crippen molar-refractivity contribution in [2.24, 2.45) is 5.92 Å². The van der Waals surface area contributed by atoms with Gasteiger partial charge in [0.2, 0.25) is 0 Å². The average molecular weight is 276 g/mol. The molecule has 0 aromatic carbocycles. The third-order valence-electron chi connectivity index (χ3n) is 2.60. The third-order valence-corrected chi connectivity index (χ3v) is 2.60. The Morgan fingerprint density at radius 1 is 1.21 bits per heavy atom. The first kappa shape index (κ1) is 18.0. The van der Waals surface area contributed by atoms with Gasteiger partial charge in [-0.3, -0.25) is 0 Å². The quantitative estimate of drug-likeness (QED) is 0.348. The summed E-state index contributed by atoms with van der Waals surface area (Å²) in [5.74, 6) is -1.14. The summed E-state index contributed by atoms with van der Waals surface area (Å²) < 4.78 is 21.0. The van der Waals surface area contributed by atoms with E-state index in [-0.39, 0.29) is 12.0 Å². The summed E-state index contributed by atoms with van der Waals surface area (Å²) >= 11 is 0. The van der Waals surface area contributed by atoms with Crippen molar-refractivity contribution in [3.8, 4) is 0 Å². The van der Waals surface area contributed by atoms with Crippen LogP contribution < -0.4 is 0 Å². The second kappa shape index (κ2) is 10.9. The van der Waals surface area contributed by atoms with Crippen LogP contribution in [0.1, 0.15) is 13.3 Å². The van der Waals surface area contributed by atoms with Crippen molar-refractivity contribution in [3.63, 3.8) is 0 Å². The van der Waals surface area contributed by atoms with Crippen LogP contribution in [0, 0.1) is 5.92 Å². The van der Waals surface area contributed by atoms with E-state index in [1.807, 2.05) is 6.92 Å². The maximum atomic E-state index is 10.5. The topological polar surface area (TPSA) is 74.2 Å². The van der Waals surface area contributed by atoms with Crippen LogP contribution in [0.3, 0.4) is 0 Å². The van der Waals surface area contributed by atoms with E-state index >= 15 is 0 Å². The molecule has 0 aliphatic heterocycles. The number of ether oxygens (including phenoxy) is 4. The lowest BCUT2D eigenvalue weighted by Crippen LogP contribution is -2.37. The molecule has 0 aliphatic carbocycles. The number of carbonyl (C=O) groups is 1. The molecule has 0 heterocycles. The summed E-state index contributed by atoms with van der Waals surface area (Å²) in [5.41, 5.74) is 0. The molecule has 0 aromatic heterocycles. The molecule has 112 valence electrons. The van der Waals surface area contributed by atoms with E-state index < -0.39 is 12.3 Å². The molecule has 0 saturated carbocycles. The van der Waals surface area contributed by atoms with E-state index in [0.717, 1.165) is 12.5 Å². The van der Waals surface area contributed by atoms with E-state index in [9.17, 15) is 4.79 Å². The summed E-state index contributed by atoms with van der Waals surface area (Å²) in [6.07, 6.45) is 2.49. The first-order valence-electron chi connectivity index (χ1n) is 6.14. The molecule has 0 fully saturated rings. The monoisotopic (exact) mass is 276 g/mol. The number of aliphatic carboxylic acids is 1. The highest BCUT2D eigenvalue weighted by Gasteiger charge is 2.26. The van der Waals surface area contributed by atoms with Gasteiger partial charge in [0.1, 0.15) is 6.10 Å². The number of hydrogen-bond donors (Lipinski definition) is 1. The normalized spacial score (nSPS) is 15.0. The van der Waals surface area contributed by atoms with Crippen molar-refractivity contribution in [3.05, 3.63) is 12.2 Å². The van der Waals surface area contributed by atoms with Crippen LogP contribution in [0.4, 0.5) is 0 Å². The summed E-state index contributed by atoms with van der Waals surface area (Å²) in [6.45, 7) is 2.95. The Balaban J connectivity index is 4.50. The van der Waals surface area contributed by atoms with E-state index in [2.05, 4.69) is 0 Å². The van der Waals surface area contributed by atoms with Gasteiger partial charge in [0.25, 0.3) is 0 Å². The van der Waals surface area contributed by atoms with Gasteiger partial charge in [-0.2, -0.15) is 0 Å². The molecule has 0 saturated heterocycles. The van der Waals surface area contributed by atoms with Crippen LogP contribution in [-0.4, -0.2) is 58.0 Å². The van der Waals surface area contributed by atoms with E-state index in [1.54, 1.807) is 13.2 Å². The highest BCUT2D eigenvalue weighted by Crippen LogP contribution is 2.16. The average Bonchev–Trinajstić information content (AvgIpc) is 2.39. The highest BCUT2D eigenvalue weighted by molar-refractivity contribution is 5.79. The molecule has 1 N–H and O–H groups in total. The van der Waals surface area contributed by atoms with E-state index in [0.29, 0.717) is 13.2 Å². The summed E-state index contributed by atoms with van der Waals surface area (Å²) in [7, 11) is 4.67. The van der Waals surface area contributed by atoms with Crippen molar-refractivity contribution >= 4 is 5.97 Å². The lowest BCUT2D eigenvalue weighted by molar-refractivity contribution is -0.190. The molecular weight excluding hydrogens is 252 g/mol. The predicted molar refractivity (Wildman–Crippen MR) is 70.0 cm³/mol. The number of carboxylic acid groups (broad SMARTS) is 1. The number of carboxylic acids is 1. The lowest BCUT2D eigenvalue weighted by atomic mass is 10.0. The zero-order valence-corrected chi connectivity index (χ0v) is 12.0. The zero-order valence-electron chi connectivity index (χ0n) is 12.0. The largest absolute Gasteiger partial charge is 0.478 e. The lowest BCUT2D eigenvalue weighted by Gasteiger charge is -2.28. The SMILES string of the molecule is COCCCOC(C(C)/C=C/C(=O)O)C(OC)OC. The molecule has 0 amide bonds. The maximum absolute atomic E-state index is 10.5. The van der Waals surface area contributed by atoms with Crippen LogP contribution in [0.25, 0.3) is 0 Å². The van der Waals surface area contributed by atoms with Crippen LogP contribution in [0.2, 0.25) is 0 Å². The molecular formula is C13H24O6. The number of methoxy groups -OCH3 is 3. The molecule has 0 aromatic rings. The fourth-order valence-corrected chi connectivity index (χ4v) is 1.61. The summed E-state index contributed by atoms with van der Waals surface area (Å²) in [5, 5.41) is 8.64. The molecule has 2 atom stereocenters.